The number of nitriles is 1. The number of hydrogen-bond acceptors (Lipinski definition) is 4. The third-order valence-corrected chi connectivity index (χ3v) is 4.78. The molecule has 0 spiro atoms. The molecule has 3 aromatic rings. The molecule has 0 amide bonds. The number of rotatable bonds is 4. The van der Waals surface area contributed by atoms with Crippen LogP contribution in [0.1, 0.15) is 36.5 Å². The van der Waals surface area contributed by atoms with Crippen molar-refractivity contribution in [2.24, 2.45) is 0 Å². The SMILES string of the molecule is CCc1cc2ccc(C(C)(C#N)Cc3cc(Cl)nc(C)n3)cc2[nH]c1=O. The second-order valence-corrected chi connectivity index (χ2v) is 7.02. The third-order valence-electron chi connectivity index (χ3n) is 4.58. The maximum atomic E-state index is 12.1. The largest absolute Gasteiger partial charge is 0.322 e. The van der Waals surface area contributed by atoms with Crippen LogP contribution in [0.25, 0.3) is 10.9 Å². The van der Waals surface area contributed by atoms with E-state index < -0.39 is 5.41 Å². The van der Waals surface area contributed by atoms with Crippen LogP contribution in [-0.4, -0.2) is 15.0 Å². The minimum absolute atomic E-state index is 0.0889. The van der Waals surface area contributed by atoms with Crippen molar-refractivity contribution in [3.05, 3.63) is 68.5 Å². The van der Waals surface area contributed by atoms with Crippen molar-refractivity contribution in [1.29, 1.82) is 5.26 Å². The molecule has 0 fully saturated rings. The summed E-state index contributed by atoms with van der Waals surface area (Å²) in [7, 11) is 0. The fraction of sp³-hybridized carbons (Fsp3) is 0.300. The highest BCUT2D eigenvalue weighted by Crippen LogP contribution is 2.29. The molecule has 0 saturated heterocycles. The standard InChI is InChI=1S/C20H19ClN4O/c1-4-13-7-14-5-6-15(8-17(14)25-19(13)26)20(3,11-22)10-16-9-18(21)24-12(2)23-16/h5-9H,4,10H2,1-3H3,(H,25,26). The Bertz CT molecular complexity index is 1060. The van der Waals surface area contributed by atoms with Gasteiger partial charge in [0, 0.05) is 23.2 Å². The molecule has 1 aromatic carbocycles. The number of halogens is 1. The zero-order chi connectivity index (χ0) is 18.9. The first-order valence-corrected chi connectivity index (χ1v) is 8.80. The summed E-state index contributed by atoms with van der Waals surface area (Å²) in [5.41, 5.74) is 2.11. The maximum absolute atomic E-state index is 12.1. The second kappa shape index (κ2) is 6.89. The monoisotopic (exact) mass is 366 g/mol. The zero-order valence-corrected chi connectivity index (χ0v) is 15.7. The molecule has 3 rings (SSSR count). The summed E-state index contributed by atoms with van der Waals surface area (Å²) in [6.07, 6.45) is 1.08. The van der Waals surface area contributed by atoms with Gasteiger partial charge < -0.3 is 4.98 Å². The van der Waals surface area contributed by atoms with Gasteiger partial charge in [0.05, 0.1) is 11.5 Å². The Kier molecular flexibility index (Phi) is 4.80. The van der Waals surface area contributed by atoms with Gasteiger partial charge in [0.2, 0.25) is 0 Å². The quantitative estimate of drug-likeness (QED) is 0.710. The molecule has 0 radical (unpaired) electrons. The fourth-order valence-electron chi connectivity index (χ4n) is 3.10. The van der Waals surface area contributed by atoms with Crippen molar-refractivity contribution in [1.82, 2.24) is 15.0 Å². The number of nitrogens with zero attached hydrogens (tertiary/aromatic N) is 3. The Balaban J connectivity index is 2.06. The number of aromatic nitrogens is 3. The maximum Gasteiger partial charge on any atom is 0.251 e. The van der Waals surface area contributed by atoms with Gasteiger partial charge in [-0.3, -0.25) is 4.79 Å². The smallest absolute Gasteiger partial charge is 0.251 e. The lowest BCUT2D eigenvalue weighted by Gasteiger charge is -2.22. The molecule has 1 N–H and O–H groups in total. The predicted octanol–water partition coefficient (Wildman–Crippen LogP) is 3.87. The number of fused-ring (bicyclic) bond motifs is 1. The molecule has 2 heterocycles. The molecule has 6 heteroatoms. The van der Waals surface area contributed by atoms with Gasteiger partial charge in [0.1, 0.15) is 11.0 Å². The van der Waals surface area contributed by atoms with Crippen LogP contribution in [0.4, 0.5) is 0 Å². The van der Waals surface area contributed by atoms with E-state index in [9.17, 15) is 10.1 Å². The van der Waals surface area contributed by atoms with Crippen LogP contribution in [0.15, 0.2) is 35.1 Å². The van der Waals surface area contributed by atoms with Crippen LogP contribution in [0.3, 0.4) is 0 Å². The Labute approximate surface area is 156 Å². The van der Waals surface area contributed by atoms with E-state index in [1.165, 1.54) is 0 Å². The van der Waals surface area contributed by atoms with Gasteiger partial charge in [0.25, 0.3) is 5.56 Å². The minimum Gasteiger partial charge on any atom is -0.322 e. The highest BCUT2D eigenvalue weighted by Gasteiger charge is 2.28. The Morgan fingerprint density at radius 1 is 1.27 bits per heavy atom. The summed E-state index contributed by atoms with van der Waals surface area (Å²) in [6.45, 7) is 5.58. The summed E-state index contributed by atoms with van der Waals surface area (Å²) in [5.74, 6) is 0.572. The molecular formula is C20H19ClN4O. The molecule has 132 valence electrons. The van der Waals surface area contributed by atoms with Crippen LogP contribution in [0, 0.1) is 18.3 Å². The fourth-order valence-corrected chi connectivity index (χ4v) is 3.35. The Morgan fingerprint density at radius 3 is 2.69 bits per heavy atom. The van der Waals surface area contributed by atoms with Crippen LogP contribution < -0.4 is 5.56 Å². The number of nitrogens with one attached hydrogen (secondary N) is 1. The summed E-state index contributed by atoms with van der Waals surface area (Å²) in [4.78, 5) is 23.5. The molecule has 0 saturated carbocycles. The van der Waals surface area contributed by atoms with Gasteiger partial charge in [-0.25, -0.2) is 9.97 Å². The highest BCUT2D eigenvalue weighted by atomic mass is 35.5. The van der Waals surface area contributed by atoms with Crippen LogP contribution in [-0.2, 0) is 18.3 Å². The molecular weight excluding hydrogens is 348 g/mol. The summed E-state index contributed by atoms with van der Waals surface area (Å²) in [6, 6.07) is 11.7. The van der Waals surface area contributed by atoms with Gasteiger partial charge in [-0.15, -0.1) is 0 Å². The molecule has 26 heavy (non-hydrogen) atoms. The van der Waals surface area contributed by atoms with Gasteiger partial charge >= 0.3 is 0 Å². The lowest BCUT2D eigenvalue weighted by Crippen LogP contribution is -2.24. The first-order valence-electron chi connectivity index (χ1n) is 8.42. The van der Waals surface area contributed by atoms with Crippen molar-refractivity contribution < 1.29 is 0 Å². The molecule has 2 aromatic heterocycles. The van der Waals surface area contributed by atoms with Crippen LogP contribution in [0.2, 0.25) is 5.15 Å². The lowest BCUT2D eigenvalue weighted by molar-refractivity contribution is 0.594. The molecule has 0 aliphatic rings. The van der Waals surface area contributed by atoms with Crippen molar-refractivity contribution in [2.45, 2.75) is 39.0 Å². The van der Waals surface area contributed by atoms with Crippen molar-refractivity contribution in [3.8, 4) is 6.07 Å². The minimum atomic E-state index is -0.807. The number of aromatic amines is 1. The molecule has 1 unspecified atom stereocenters. The molecule has 0 aliphatic heterocycles. The van der Waals surface area contributed by atoms with E-state index in [1.807, 2.05) is 38.1 Å². The van der Waals surface area contributed by atoms with Crippen LogP contribution in [0.5, 0.6) is 0 Å². The van der Waals surface area contributed by atoms with E-state index in [2.05, 4.69) is 21.0 Å². The number of pyridine rings is 1. The van der Waals surface area contributed by atoms with Gasteiger partial charge in [-0.2, -0.15) is 5.26 Å². The van der Waals surface area contributed by atoms with Crippen molar-refractivity contribution >= 4 is 22.5 Å². The Morgan fingerprint density at radius 2 is 2.04 bits per heavy atom. The lowest BCUT2D eigenvalue weighted by atomic mass is 9.79. The summed E-state index contributed by atoms with van der Waals surface area (Å²) < 4.78 is 0. The van der Waals surface area contributed by atoms with Crippen LogP contribution >= 0.6 is 11.6 Å². The van der Waals surface area contributed by atoms with Gasteiger partial charge in [-0.1, -0.05) is 30.7 Å². The molecule has 1 atom stereocenters. The van der Waals surface area contributed by atoms with Gasteiger partial charge in [-0.05, 0) is 49.4 Å². The Hall–Kier alpha value is -2.71. The number of H-pyrrole nitrogens is 1. The van der Waals surface area contributed by atoms with E-state index in [-0.39, 0.29) is 5.56 Å². The average molecular weight is 367 g/mol. The molecule has 5 nitrogen and oxygen atoms in total. The van der Waals surface area contributed by atoms with Crippen molar-refractivity contribution in [2.75, 3.05) is 0 Å². The first kappa shape index (κ1) is 18.1. The molecule has 0 aliphatic carbocycles. The topological polar surface area (TPSA) is 82.4 Å². The third kappa shape index (κ3) is 3.47. The molecule has 0 bridgehead atoms. The van der Waals surface area contributed by atoms with E-state index in [0.717, 1.165) is 22.0 Å². The normalized spacial score (nSPS) is 13.3. The summed E-state index contributed by atoms with van der Waals surface area (Å²) >= 11 is 6.02. The number of benzene rings is 1. The predicted molar refractivity (Wildman–Crippen MR) is 102 cm³/mol. The summed E-state index contributed by atoms with van der Waals surface area (Å²) in [5, 5.41) is 11.2. The van der Waals surface area contributed by atoms with E-state index >= 15 is 0 Å². The average Bonchev–Trinajstić information content (AvgIpc) is 2.59. The highest BCUT2D eigenvalue weighted by molar-refractivity contribution is 6.29. The second-order valence-electron chi connectivity index (χ2n) is 6.63. The number of aryl methyl sites for hydroxylation is 2. The van der Waals surface area contributed by atoms with Crippen molar-refractivity contribution in [3.63, 3.8) is 0 Å². The van der Waals surface area contributed by atoms with E-state index in [1.54, 1.807) is 13.0 Å². The zero-order valence-electron chi connectivity index (χ0n) is 14.9. The van der Waals surface area contributed by atoms with Gasteiger partial charge in [0.15, 0.2) is 0 Å². The first-order chi connectivity index (χ1) is 12.3. The number of hydrogen-bond donors (Lipinski definition) is 1. The van der Waals surface area contributed by atoms with E-state index in [4.69, 9.17) is 11.6 Å². The van der Waals surface area contributed by atoms with E-state index in [0.29, 0.717) is 29.5 Å².